The van der Waals surface area contributed by atoms with Crippen LogP contribution in [0.5, 0.6) is 0 Å². The molecule has 0 radical (unpaired) electrons. The van der Waals surface area contributed by atoms with E-state index in [2.05, 4.69) is 6.58 Å². The van der Waals surface area contributed by atoms with E-state index in [4.69, 9.17) is 5.11 Å². The van der Waals surface area contributed by atoms with E-state index in [1.165, 1.54) is 0 Å². The number of carboxylic acid groups (broad SMARTS) is 1. The molecular weight excluding hydrogens is 234 g/mol. The van der Waals surface area contributed by atoms with Gasteiger partial charge in [0.1, 0.15) is 6.54 Å². The minimum Gasteiger partial charge on any atom is -0.480 e. The SMILES string of the molecule is C=CCN(CC(=O)O)C(=O)C(F)(F)C(F)F. The Morgan fingerprint density at radius 1 is 1.44 bits per heavy atom. The Morgan fingerprint density at radius 3 is 2.25 bits per heavy atom. The van der Waals surface area contributed by atoms with Gasteiger partial charge in [0.05, 0.1) is 0 Å². The average molecular weight is 243 g/mol. The van der Waals surface area contributed by atoms with Gasteiger partial charge >= 0.3 is 18.3 Å². The Labute approximate surface area is 88.1 Å². The highest BCUT2D eigenvalue weighted by molar-refractivity contribution is 5.87. The summed E-state index contributed by atoms with van der Waals surface area (Å²) in [5.74, 6) is -8.71. The van der Waals surface area contributed by atoms with Crippen LogP contribution in [0.1, 0.15) is 0 Å². The molecular formula is C8H9F4NO3. The van der Waals surface area contributed by atoms with Gasteiger partial charge in [0, 0.05) is 6.54 Å². The van der Waals surface area contributed by atoms with Gasteiger partial charge in [-0.2, -0.15) is 8.78 Å². The van der Waals surface area contributed by atoms with Crippen molar-refractivity contribution in [3.63, 3.8) is 0 Å². The first-order valence-corrected chi connectivity index (χ1v) is 4.01. The fourth-order valence-electron chi connectivity index (χ4n) is 0.843. The molecule has 0 spiro atoms. The second-order valence-electron chi connectivity index (χ2n) is 2.79. The second-order valence-corrected chi connectivity index (χ2v) is 2.79. The molecule has 0 aromatic rings. The Morgan fingerprint density at radius 2 is 1.94 bits per heavy atom. The largest absolute Gasteiger partial charge is 0.480 e. The van der Waals surface area contributed by atoms with E-state index in [0.717, 1.165) is 6.08 Å². The van der Waals surface area contributed by atoms with Gasteiger partial charge in [0.2, 0.25) is 0 Å². The fourth-order valence-corrected chi connectivity index (χ4v) is 0.843. The van der Waals surface area contributed by atoms with Crippen molar-refractivity contribution in [2.75, 3.05) is 13.1 Å². The number of nitrogens with zero attached hydrogens (tertiary/aromatic N) is 1. The maximum atomic E-state index is 12.6. The quantitative estimate of drug-likeness (QED) is 0.559. The van der Waals surface area contributed by atoms with Crippen LogP contribution in [0.25, 0.3) is 0 Å². The van der Waals surface area contributed by atoms with Gasteiger partial charge in [-0.05, 0) is 0 Å². The van der Waals surface area contributed by atoms with E-state index in [1.807, 2.05) is 0 Å². The van der Waals surface area contributed by atoms with Crippen LogP contribution in [0.15, 0.2) is 12.7 Å². The predicted molar refractivity (Wildman–Crippen MR) is 45.4 cm³/mol. The maximum Gasteiger partial charge on any atom is 0.383 e. The van der Waals surface area contributed by atoms with Crippen LogP contribution in [0.3, 0.4) is 0 Å². The predicted octanol–water partition coefficient (Wildman–Crippen LogP) is 0.986. The normalized spacial score (nSPS) is 11.3. The number of hydrogen-bond acceptors (Lipinski definition) is 2. The summed E-state index contributed by atoms with van der Waals surface area (Å²) in [5, 5.41) is 8.30. The highest BCUT2D eigenvalue weighted by Gasteiger charge is 2.51. The van der Waals surface area contributed by atoms with Crippen molar-refractivity contribution in [1.82, 2.24) is 4.90 Å². The molecule has 0 aromatic heterocycles. The third-order valence-corrected chi connectivity index (χ3v) is 1.52. The smallest absolute Gasteiger partial charge is 0.383 e. The van der Waals surface area contributed by atoms with Gasteiger partial charge in [-0.3, -0.25) is 9.59 Å². The lowest BCUT2D eigenvalue weighted by Crippen LogP contribution is -2.49. The average Bonchev–Trinajstić information content (AvgIpc) is 2.15. The summed E-state index contributed by atoms with van der Waals surface area (Å²) in [5.41, 5.74) is 0. The lowest BCUT2D eigenvalue weighted by atomic mass is 10.3. The van der Waals surface area contributed by atoms with Crippen molar-refractivity contribution in [2.45, 2.75) is 12.3 Å². The molecule has 0 heterocycles. The van der Waals surface area contributed by atoms with Gasteiger partial charge in [-0.1, -0.05) is 6.08 Å². The lowest BCUT2D eigenvalue weighted by molar-refractivity contribution is -0.181. The van der Waals surface area contributed by atoms with E-state index in [1.54, 1.807) is 0 Å². The monoisotopic (exact) mass is 243 g/mol. The van der Waals surface area contributed by atoms with Gasteiger partial charge in [-0.25, -0.2) is 8.78 Å². The summed E-state index contributed by atoms with van der Waals surface area (Å²) in [6, 6.07) is 0. The molecule has 8 heteroatoms. The van der Waals surface area contributed by atoms with Gasteiger partial charge in [0.25, 0.3) is 5.91 Å². The highest BCUT2D eigenvalue weighted by atomic mass is 19.3. The molecule has 92 valence electrons. The molecule has 0 aromatic carbocycles. The summed E-state index contributed by atoms with van der Waals surface area (Å²) in [7, 11) is 0. The first kappa shape index (κ1) is 14.4. The minimum atomic E-state index is -4.89. The summed E-state index contributed by atoms with van der Waals surface area (Å²) in [4.78, 5) is 21.2. The molecule has 0 aliphatic carbocycles. The van der Waals surface area contributed by atoms with Crippen molar-refractivity contribution in [3.8, 4) is 0 Å². The van der Waals surface area contributed by atoms with Crippen molar-refractivity contribution >= 4 is 11.9 Å². The standard InChI is InChI=1S/C8H9F4NO3/c1-2-3-13(4-5(14)15)7(16)8(11,12)6(9)10/h2,6H,1,3-4H2,(H,14,15). The molecule has 0 saturated heterocycles. The molecule has 0 fully saturated rings. The van der Waals surface area contributed by atoms with Gasteiger partial charge in [0.15, 0.2) is 0 Å². The summed E-state index contributed by atoms with van der Waals surface area (Å²) >= 11 is 0. The topological polar surface area (TPSA) is 57.6 Å². The molecule has 1 N–H and O–H groups in total. The number of hydrogen-bond donors (Lipinski definition) is 1. The highest BCUT2D eigenvalue weighted by Crippen LogP contribution is 2.25. The summed E-state index contributed by atoms with van der Waals surface area (Å²) < 4.78 is 48.9. The van der Waals surface area contributed by atoms with E-state index in [9.17, 15) is 27.2 Å². The minimum absolute atomic E-state index is 0.0848. The number of carbonyl (C=O) groups is 2. The Kier molecular flexibility index (Phi) is 4.93. The van der Waals surface area contributed by atoms with Gasteiger partial charge in [-0.15, -0.1) is 6.58 Å². The van der Waals surface area contributed by atoms with Crippen molar-refractivity contribution in [2.24, 2.45) is 0 Å². The molecule has 0 bridgehead atoms. The molecule has 0 atom stereocenters. The van der Waals surface area contributed by atoms with Crippen molar-refractivity contribution in [3.05, 3.63) is 12.7 Å². The van der Waals surface area contributed by atoms with Crippen LogP contribution in [0, 0.1) is 0 Å². The number of carboxylic acids is 1. The number of rotatable bonds is 6. The van der Waals surface area contributed by atoms with E-state index >= 15 is 0 Å². The fraction of sp³-hybridized carbons (Fsp3) is 0.500. The van der Waals surface area contributed by atoms with Crippen LogP contribution in [-0.2, 0) is 9.59 Å². The molecule has 0 saturated carbocycles. The summed E-state index contributed by atoms with van der Waals surface area (Å²) in [6.45, 7) is 1.46. The third kappa shape index (κ3) is 3.52. The van der Waals surface area contributed by atoms with E-state index in [-0.39, 0.29) is 4.90 Å². The zero-order chi connectivity index (χ0) is 12.9. The first-order chi connectivity index (χ1) is 7.23. The van der Waals surface area contributed by atoms with Crippen LogP contribution >= 0.6 is 0 Å². The molecule has 0 aliphatic rings. The Balaban J connectivity index is 4.85. The van der Waals surface area contributed by atoms with Crippen LogP contribution in [-0.4, -0.2) is 47.3 Å². The number of alkyl halides is 4. The maximum absolute atomic E-state index is 12.6. The van der Waals surface area contributed by atoms with E-state index in [0.29, 0.717) is 0 Å². The van der Waals surface area contributed by atoms with Crippen LogP contribution in [0.2, 0.25) is 0 Å². The molecule has 0 aliphatic heterocycles. The van der Waals surface area contributed by atoms with Crippen molar-refractivity contribution < 1.29 is 32.3 Å². The Bertz CT molecular complexity index is 293. The number of amides is 1. The second kappa shape index (κ2) is 5.47. The van der Waals surface area contributed by atoms with Gasteiger partial charge < -0.3 is 10.0 Å². The molecule has 1 amide bonds. The third-order valence-electron chi connectivity index (χ3n) is 1.52. The van der Waals surface area contributed by atoms with Crippen LogP contribution in [0.4, 0.5) is 17.6 Å². The zero-order valence-electron chi connectivity index (χ0n) is 8.00. The van der Waals surface area contributed by atoms with Crippen LogP contribution < -0.4 is 0 Å². The number of halogens is 4. The van der Waals surface area contributed by atoms with E-state index < -0.39 is 37.3 Å². The molecule has 0 rings (SSSR count). The molecule has 0 unspecified atom stereocenters. The number of carbonyl (C=O) groups excluding carboxylic acids is 1. The first-order valence-electron chi connectivity index (χ1n) is 4.01. The van der Waals surface area contributed by atoms with Crippen molar-refractivity contribution in [1.29, 1.82) is 0 Å². The zero-order valence-corrected chi connectivity index (χ0v) is 8.00. The molecule has 16 heavy (non-hydrogen) atoms. The summed E-state index contributed by atoms with van der Waals surface area (Å²) in [6.07, 6.45) is -3.22. The Hall–Kier alpha value is -1.60. The lowest BCUT2D eigenvalue weighted by Gasteiger charge is -2.23. The number of aliphatic carboxylic acids is 1. The molecule has 4 nitrogen and oxygen atoms in total.